The van der Waals surface area contributed by atoms with Crippen LogP contribution >= 0.6 is 11.8 Å². The second-order valence-electron chi connectivity index (χ2n) is 7.70. The molecule has 0 bridgehead atoms. The predicted octanol–water partition coefficient (Wildman–Crippen LogP) is 5.69. The first-order valence-corrected chi connectivity index (χ1v) is 12.2. The minimum Gasteiger partial charge on any atom is -0.493 e. The Balaban J connectivity index is 1.49. The molecule has 0 aliphatic heterocycles. The quantitative estimate of drug-likeness (QED) is 0.230. The molecule has 12 heteroatoms. The van der Waals surface area contributed by atoms with Crippen molar-refractivity contribution in [2.75, 3.05) is 39.1 Å². The SMILES string of the molecule is COc1ccc(Nc2nc(Nc3ccc(OC)c(OC)c3)nc(Sc3nc4ccccc4o3)n2)cc1OC. The number of hydrogen-bond donors (Lipinski definition) is 2. The molecule has 5 aromatic rings. The number of oxazole rings is 1. The van der Waals surface area contributed by atoms with Crippen molar-refractivity contribution in [2.45, 2.75) is 10.4 Å². The monoisotopic (exact) mass is 532 g/mol. The van der Waals surface area contributed by atoms with Crippen LogP contribution in [0.15, 0.2) is 75.5 Å². The highest BCUT2D eigenvalue weighted by molar-refractivity contribution is 7.99. The fraction of sp³-hybridized carbons (Fsp3) is 0.154. The van der Waals surface area contributed by atoms with Crippen LogP contribution in [0.1, 0.15) is 0 Å². The number of ether oxygens (including phenoxy) is 4. The third-order valence-electron chi connectivity index (χ3n) is 5.35. The molecule has 38 heavy (non-hydrogen) atoms. The number of anilines is 4. The van der Waals surface area contributed by atoms with Gasteiger partial charge in [-0.3, -0.25) is 0 Å². The van der Waals surface area contributed by atoms with E-state index in [1.807, 2.05) is 36.4 Å². The molecule has 0 atom stereocenters. The Bertz CT molecular complexity index is 1470. The van der Waals surface area contributed by atoms with E-state index in [0.29, 0.717) is 62.2 Å². The zero-order chi connectivity index (χ0) is 26.5. The fourth-order valence-electron chi connectivity index (χ4n) is 3.57. The summed E-state index contributed by atoms with van der Waals surface area (Å²) in [6, 6.07) is 18.4. The predicted molar refractivity (Wildman–Crippen MR) is 144 cm³/mol. The van der Waals surface area contributed by atoms with Gasteiger partial charge in [0.2, 0.25) is 17.1 Å². The zero-order valence-electron chi connectivity index (χ0n) is 21.0. The maximum absolute atomic E-state index is 5.85. The van der Waals surface area contributed by atoms with Crippen LogP contribution in [0.5, 0.6) is 23.0 Å². The van der Waals surface area contributed by atoms with Crippen molar-refractivity contribution >= 4 is 46.1 Å². The molecule has 11 nitrogen and oxygen atoms in total. The molecule has 0 amide bonds. The van der Waals surface area contributed by atoms with Crippen molar-refractivity contribution in [3.8, 4) is 23.0 Å². The van der Waals surface area contributed by atoms with Gasteiger partial charge in [0.15, 0.2) is 28.6 Å². The first kappa shape index (κ1) is 25.0. The number of para-hydroxylation sites is 2. The summed E-state index contributed by atoms with van der Waals surface area (Å²) < 4.78 is 27.3. The third-order valence-corrected chi connectivity index (χ3v) is 6.06. The normalized spacial score (nSPS) is 10.7. The van der Waals surface area contributed by atoms with E-state index >= 15 is 0 Å². The van der Waals surface area contributed by atoms with Crippen LogP contribution in [0, 0.1) is 0 Å². The van der Waals surface area contributed by atoms with Gasteiger partial charge in [-0.05, 0) is 36.4 Å². The van der Waals surface area contributed by atoms with Gasteiger partial charge in [0.05, 0.1) is 28.4 Å². The van der Waals surface area contributed by atoms with Crippen LogP contribution in [-0.4, -0.2) is 48.4 Å². The van der Waals surface area contributed by atoms with Crippen LogP contribution in [0.2, 0.25) is 0 Å². The van der Waals surface area contributed by atoms with Gasteiger partial charge < -0.3 is 34.0 Å². The molecule has 3 aromatic carbocycles. The Hall–Kier alpha value is -4.71. The van der Waals surface area contributed by atoms with Gasteiger partial charge in [-0.15, -0.1) is 0 Å². The molecule has 0 fully saturated rings. The van der Waals surface area contributed by atoms with E-state index in [0.717, 1.165) is 5.52 Å². The number of methoxy groups -OCH3 is 4. The summed E-state index contributed by atoms with van der Waals surface area (Å²) in [5, 5.41) is 7.19. The highest BCUT2D eigenvalue weighted by Gasteiger charge is 2.15. The Morgan fingerprint density at radius 2 is 1.18 bits per heavy atom. The minimum atomic E-state index is 0.300. The lowest BCUT2D eigenvalue weighted by Crippen LogP contribution is -2.05. The third kappa shape index (κ3) is 5.49. The summed E-state index contributed by atoms with van der Waals surface area (Å²) in [6.07, 6.45) is 0. The lowest BCUT2D eigenvalue weighted by molar-refractivity contribution is 0.355. The van der Waals surface area contributed by atoms with Crippen LogP contribution in [-0.2, 0) is 0 Å². The fourth-order valence-corrected chi connectivity index (χ4v) is 4.27. The number of nitrogens with zero attached hydrogens (tertiary/aromatic N) is 4. The topological polar surface area (TPSA) is 126 Å². The van der Waals surface area contributed by atoms with Gasteiger partial charge >= 0.3 is 0 Å². The molecule has 2 aromatic heterocycles. The molecule has 194 valence electrons. The second-order valence-corrected chi connectivity index (χ2v) is 8.62. The van der Waals surface area contributed by atoms with E-state index in [1.165, 1.54) is 11.8 Å². The average molecular weight is 533 g/mol. The van der Waals surface area contributed by atoms with Crippen molar-refractivity contribution in [3.05, 3.63) is 60.7 Å². The molecule has 0 spiro atoms. The highest BCUT2D eigenvalue weighted by Crippen LogP contribution is 2.34. The van der Waals surface area contributed by atoms with E-state index in [9.17, 15) is 0 Å². The lowest BCUT2D eigenvalue weighted by atomic mass is 10.2. The molecule has 5 rings (SSSR count). The number of rotatable bonds is 10. The van der Waals surface area contributed by atoms with E-state index in [1.54, 1.807) is 52.7 Å². The maximum atomic E-state index is 5.85. The maximum Gasteiger partial charge on any atom is 0.264 e. The molecule has 2 N–H and O–H groups in total. The van der Waals surface area contributed by atoms with Crippen molar-refractivity contribution in [1.82, 2.24) is 19.9 Å². The van der Waals surface area contributed by atoms with Gasteiger partial charge in [0.1, 0.15) is 5.52 Å². The van der Waals surface area contributed by atoms with E-state index in [2.05, 4.69) is 30.6 Å². The lowest BCUT2D eigenvalue weighted by Gasteiger charge is -2.13. The highest BCUT2D eigenvalue weighted by atomic mass is 32.2. The summed E-state index contributed by atoms with van der Waals surface area (Å²) >= 11 is 1.18. The number of aromatic nitrogens is 4. The largest absolute Gasteiger partial charge is 0.493 e. The Morgan fingerprint density at radius 3 is 1.71 bits per heavy atom. The van der Waals surface area contributed by atoms with Crippen LogP contribution in [0.25, 0.3) is 11.1 Å². The van der Waals surface area contributed by atoms with Crippen LogP contribution in [0.4, 0.5) is 23.3 Å². The summed E-state index contributed by atoms with van der Waals surface area (Å²) in [5.41, 5.74) is 2.82. The van der Waals surface area contributed by atoms with Gasteiger partial charge in [0.25, 0.3) is 5.22 Å². The summed E-state index contributed by atoms with van der Waals surface area (Å²) in [4.78, 5) is 18.2. The smallest absolute Gasteiger partial charge is 0.264 e. The number of benzene rings is 3. The first-order chi connectivity index (χ1) is 18.6. The van der Waals surface area contributed by atoms with Crippen molar-refractivity contribution in [3.63, 3.8) is 0 Å². The zero-order valence-corrected chi connectivity index (χ0v) is 21.8. The summed E-state index contributed by atoms with van der Waals surface area (Å²) in [6.45, 7) is 0. The number of nitrogens with one attached hydrogen (secondary N) is 2. The van der Waals surface area contributed by atoms with Gasteiger partial charge in [-0.2, -0.15) is 15.0 Å². The van der Waals surface area contributed by atoms with E-state index < -0.39 is 0 Å². The molecule has 2 heterocycles. The van der Waals surface area contributed by atoms with Gasteiger partial charge in [0, 0.05) is 35.3 Å². The summed E-state index contributed by atoms with van der Waals surface area (Å²) in [5.74, 6) is 2.95. The second kappa shape index (κ2) is 11.1. The van der Waals surface area contributed by atoms with Crippen molar-refractivity contribution in [1.29, 1.82) is 0 Å². The van der Waals surface area contributed by atoms with E-state index in [-0.39, 0.29) is 0 Å². The Morgan fingerprint density at radius 1 is 0.632 bits per heavy atom. The molecule has 0 unspecified atom stereocenters. The average Bonchev–Trinajstić information content (AvgIpc) is 3.35. The first-order valence-electron chi connectivity index (χ1n) is 11.4. The number of hydrogen-bond acceptors (Lipinski definition) is 12. The molecule has 0 saturated heterocycles. The van der Waals surface area contributed by atoms with Crippen LogP contribution in [0.3, 0.4) is 0 Å². The standard InChI is InChI=1S/C26H24N6O5S/c1-33-19-11-9-15(13-21(19)35-3)27-23-30-24(28-16-10-12-20(34-2)22(14-16)36-4)32-25(31-23)38-26-29-17-7-5-6-8-18(17)37-26/h5-14H,1-4H3,(H2,27,28,30,31,32). The molecular weight excluding hydrogens is 508 g/mol. The Kier molecular flexibility index (Phi) is 7.31. The molecule has 0 radical (unpaired) electrons. The van der Waals surface area contributed by atoms with Gasteiger partial charge in [-0.1, -0.05) is 12.1 Å². The molecular formula is C26H24N6O5S. The minimum absolute atomic E-state index is 0.300. The summed E-state index contributed by atoms with van der Waals surface area (Å²) in [7, 11) is 6.31. The Labute approximate surface area is 222 Å². The van der Waals surface area contributed by atoms with Crippen molar-refractivity contribution < 1.29 is 23.4 Å². The van der Waals surface area contributed by atoms with Crippen LogP contribution < -0.4 is 29.6 Å². The number of fused-ring (bicyclic) bond motifs is 1. The van der Waals surface area contributed by atoms with Gasteiger partial charge in [-0.25, -0.2) is 4.98 Å². The molecule has 0 saturated carbocycles. The van der Waals surface area contributed by atoms with E-state index in [4.69, 9.17) is 23.4 Å². The van der Waals surface area contributed by atoms with Crippen molar-refractivity contribution in [2.24, 2.45) is 0 Å². The molecule has 0 aliphatic rings. The molecule has 0 aliphatic carbocycles.